The number of carbonyl (C=O) groups is 1. The van der Waals surface area contributed by atoms with E-state index in [1.54, 1.807) is 0 Å². The summed E-state index contributed by atoms with van der Waals surface area (Å²) in [7, 11) is 0. The molecule has 0 aliphatic rings. The van der Waals surface area contributed by atoms with Crippen LogP contribution in [0.25, 0.3) is 0 Å². The van der Waals surface area contributed by atoms with Crippen LogP contribution >= 0.6 is 0 Å². The minimum absolute atomic E-state index is 0.0132. The number of aldehydes is 1. The first kappa shape index (κ1) is 9.97. The van der Waals surface area contributed by atoms with Crippen molar-refractivity contribution in [3.8, 4) is 0 Å². The zero-order valence-electron chi connectivity index (χ0n) is 8.72. The second-order valence-corrected chi connectivity index (χ2v) is 3.72. The van der Waals surface area contributed by atoms with Crippen molar-refractivity contribution >= 4 is 6.29 Å². The van der Waals surface area contributed by atoms with Gasteiger partial charge in [0.25, 0.3) is 0 Å². The Hall–Kier alpha value is -1.11. The lowest BCUT2D eigenvalue weighted by Gasteiger charge is -2.11. The van der Waals surface area contributed by atoms with Crippen LogP contribution in [-0.2, 0) is 4.79 Å². The van der Waals surface area contributed by atoms with E-state index >= 15 is 0 Å². The molecule has 1 aromatic rings. The van der Waals surface area contributed by atoms with Crippen molar-refractivity contribution in [1.29, 1.82) is 0 Å². The molecule has 1 atom stereocenters. The Morgan fingerprint density at radius 2 is 1.62 bits per heavy atom. The molecule has 13 heavy (non-hydrogen) atoms. The summed E-state index contributed by atoms with van der Waals surface area (Å²) in [6, 6.07) is 4.26. The Morgan fingerprint density at radius 1 is 1.08 bits per heavy atom. The molecule has 0 aliphatic heterocycles. The van der Waals surface area contributed by atoms with Crippen LogP contribution < -0.4 is 0 Å². The van der Waals surface area contributed by atoms with E-state index < -0.39 is 0 Å². The number of aryl methyl sites for hydroxylation is 3. The highest BCUT2D eigenvalue weighted by Crippen LogP contribution is 2.21. The third-order valence-corrected chi connectivity index (χ3v) is 2.58. The fraction of sp³-hybridized carbons (Fsp3) is 0.417. The van der Waals surface area contributed by atoms with Crippen LogP contribution in [-0.4, -0.2) is 6.29 Å². The molecular weight excluding hydrogens is 160 g/mol. The third-order valence-electron chi connectivity index (χ3n) is 2.58. The van der Waals surface area contributed by atoms with Crippen molar-refractivity contribution in [2.75, 3.05) is 0 Å². The average Bonchev–Trinajstić information content (AvgIpc) is 2.10. The normalized spacial score (nSPS) is 12.6. The summed E-state index contributed by atoms with van der Waals surface area (Å²) >= 11 is 0. The van der Waals surface area contributed by atoms with Crippen LogP contribution in [0, 0.1) is 20.8 Å². The summed E-state index contributed by atoms with van der Waals surface area (Å²) in [4.78, 5) is 10.7. The molecule has 0 aliphatic carbocycles. The molecule has 0 N–H and O–H groups in total. The highest BCUT2D eigenvalue weighted by molar-refractivity contribution is 5.63. The van der Waals surface area contributed by atoms with Crippen LogP contribution in [0.4, 0.5) is 0 Å². The van der Waals surface area contributed by atoms with Gasteiger partial charge in [-0.25, -0.2) is 0 Å². The van der Waals surface area contributed by atoms with Crippen LogP contribution in [0.2, 0.25) is 0 Å². The number of hydrogen-bond donors (Lipinski definition) is 0. The minimum atomic E-state index is 0.0132. The molecule has 70 valence electrons. The van der Waals surface area contributed by atoms with Gasteiger partial charge < -0.3 is 4.79 Å². The number of hydrogen-bond acceptors (Lipinski definition) is 1. The largest absolute Gasteiger partial charge is 0.303 e. The second kappa shape index (κ2) is 3.73. The van der Waals surface area contributed by atoms with E-state index in [4.69, 9.17) is 0 Å². The highest BCUT2D eigenvalue weighted by Gasteiger charge is 2.08. The molecule has 0 saturated heterocycles. The fourth-order valence-corrected chi connectivity index (χ4v) is 1.55. The first-order valence-electron chi connectivity index (χ1n) is 4.59. The van der Waals surface area contributed by atoms with Gasteiger partial charge in [0.05, 0.1) is 0 Å². The molecule has 1 nitrogen and oxygen atoms in total. The summed E-state index contributed by atoms with van der Waals surface area (Å²) in [6.45, 7) is 8.17. The maximum Gasteiger partial charge on any atom is 0.127 e. The summed E-state index contributed by atoms with van der Waals surface area (Å²) in [5.41, 5.74) is 4.91. The van der Waals surface area contributed by atoms with Crippen LogP contribution in [0.1, 0.15) is 35.1 Å². The van der Waals surface area contributed by atoms with Crippen molar-refractivity contribution in [2.45, 2.75) is 33.6 Å². The van der Waals surface area contributed by atoms with Crippen molar-refractivity contribution < 1.29 is 4.79 Å². The first-order chi connectivity index (χ1) is 6.06. The second-order valence-electron chi connectivity index (χ2n) is 3.72. The van der Waals surface area contributed by atoms with Gasteiger partial charge in [-0.1, -0.05) is 19.1 Å². The smallest absolute Gasteiger partial charge is 0.127 e. The molecule has 0 aromatic heterocycles. The number of carbonyl (C=O) groups excluding carboxylic acids is 1. The van der Waals surface area contributed by atoms with E-state index in [2.05, 4.69) is 32.9 Å². The van der Waals surface area contributed by atoms with E-state index in [-0.39, 0.29) is 5.92 Å². The molecule has 1 aromatic carbocycles. The number of rotatable bonds is 2. The lowest BCUT2D eigenvalue weighted by atomic mass is 9.93. The van der Waals surface area contributed by atoms with Gasteiger partial charge in [-0.05, 0) is 43.0 Å². The Balaban J connectivity index is 3.22. The van der Waals surface area contributed by atoms with Crippen molar-refractivity contribution in [3.63, 3.8) is 0 Å². The van der Waals surface area contributed by atoms with Crippen molar-refractivity contribution in [3.05, 3.63) is 34.4 Å². The molecule has 0 fully saturated rings. The van der Waals surface area contributed by atoms with Gasteiger partial charge in [0, 0.05) is 5.92 Å². The highest BCUT2D eigenvalue weighted by atomic mass is 16.1. The van der Waals surface area contributed by atoms with Gasteiger partial charge in [-0.15, -0.1) is 0 Å². The maximum absolute atomic E-state index is 10.7. The van der Waals surface area contributed by atoms with E-state index in [1.165, 1.54) is 16.7 Å². The van der Waals surface area contributed by atoms with E-state index in [1.807, 2.05) is 6.92 Å². The van der Waals surface area contributed by atoms with Crippen LogP contribution in [0.5, 0.6) is 0 Å². The predicted molar refractivity (Wildman–Crippen MR) is 55.1 cm³/mol. The van der Waals surface area contributed by atoms with Crippen LogP contribution in [0.3, 0.4) is 0 Å². The molecule has 1 rings (SSSR count). The zero-order valence-corrected chi connectivity index (χ0v) is 8.72. The Labute approximate surface area is 79.8 Å². The molecular formula is C12H16O. The summed E-state index contributed by atoms with van der Waals surface area (Å²) in [6.07, 6.45) is 0.997. The van der Waals surface area contributed by atoms with Crippen molar-refractivity contribution in [2.24, 2.45) is 0 Å². The quantitative estimate of drug-likeness (QED) is 0.633. The topological polar surface area (TPSA) is 17.1 Å². The average molecular weight is 176 g/mol. The lowest BCUT2D eigenvalue weighted by molar-refractivity contribution is -0.108. The number of benzene rings is 1. The standard InChI is InChI=1S/C12H16O/c1-8-5-10(3)12(6-9(8)2)11(4)7-13/h5-7,11H,1-4H3. The van der Waals surface area contributed by atoms with E-state index in [0.29, 0.717) is 0 Å². The van der Waals surface area contributed by atoms with Gasteiger partial charge in [0.1, 0.15) is 6.29 Å². The van der Waals surface area contributed by atoms with E-state index in [0.717, 1.165) is 11.8 Å². The van der Waals surface area contributed by atoms with Gasteiger partial charge >= 0.3 is 0 Å². The summed E-state index contributed by atoms with van der Waals surface area (Å²) in [5.74, 6) is 0.0132. The predicted octanol–water partition coefficient (Wildman–Crippen LogP) is 2.91. The lowest BCUT2D eigenvalue weighted by Crippen LogP contribution is -1.99. The van der Waals surface area contributed by atoms with Gasteiger partial charge in [0.15, 0.2) is 0 Å². The van der Waals surface area contributed by atoms with Crippen molar-refractivity contribution in [1.82, 2.24) is 0 Å². The Kier molecular flexibility index (Phi) is 2.86. The Bertz CT molecular complexity index is 326. The molecule has 0 heterocycles. The molecule has 0 radical (unpaired) electrons. The van der Waals surface area contributed by atoms with E-state index in [9.17, 15) is 4.79 Å². The Morgan fingerprint density at radius 3 is 2.15 bits per heavy atom. The molecule has 0 saturated carbocycles. The monoisotopic (exact) mass is 176 g/mol. The van der Waals surface area contributed by atoms with Gasteiger partial charge in [-0.2, -0.15) is 0 Å². The molecule has 1 heteroatoms. The van der Waals surface area contributed by atoms with Gasteiger partial charge in [0.2, 0.25) is 0 Å². The minimum Gasteiger partial charge on any atom is -0.303 e. The summed E-state index contributed by atoms with van der Waals surface area (Å²) in [5, 5.41) is 0. The zero-order chi connectivity index (χ0) is 10.0. The molecule has 1 unspecified atom stereocenters. The summed E-state index contributed by atoms with van der Waals surface area (Å²) < 4.78 is 0. The first-order valence-corrected chi connectivity index (χ1v) is 4.59. The third kappa shape index (κ3) is 1.97. The fourth-order valence-electron chi connectivity index (χ4n) is 1.55. The SMILES string of the molecule is Cc1cc(C)c(C(C)C=O)cc1C. The molecule has 0 spiro atoms. The maximum atomic E-state index is 10.7. The van der Waals surface area contributed by atoms with Gasteiger partial charge in [-0.3, -0.25) is 0 Å². The molecule has 0 bridgehead atoms. The van der Waals surface area contributed by atoms with Crippen LogP contribution in [0.15, 0.2) is 12.1 Å². The molecule has 0 amide bonds.